The number of halogens is 1. The van der Waals surface area contributed by atoms with Crippen LogP contribution in [0.3, 0.4) is 0 Å². The van der Waals surface area contributed by atoms with Crippen LogP contribution in [0.1, 0.15) is 18.4 Å². The SMILES string of the molecule is N[C@@]12CC[C@H](F)[C@@H]1CN(C(=O)OCc1ccccc1)C2. The normalized spacial score (nSPS) is 32.2. The van der Waals surface area contributed by atoms with Gasteiger partial charge in [0.1, 0.15) is 12.8 Å². The maximum atomic E-state index is 13.8. The zero-order chi connectivity index (χ0) is 14.2. The molecule has 1 aliphatic carbocycles. The van der Waals surface area contributed by atoms with Crippen molar-refractivity contribution in [1.82, 2.24) is 4.90 Å². The third-order valence-corrected chi connectivity index (χ3v) is 4.43. The van der Waals surface area contributed by atoms with Gasteiger partial charge in [0, 0.05) is 24.5 Å². The summed E-state index contributed by atoms with van der Waals surface area (Å²) >= 11 is 0. The molecular weight excluding hydrogens is 259 g/mol. The Balaban J connectivity index is 1.57. The number of amides is 1. The molecule has 1 saturated carbocycles. The van der Waals surface area contributed by atoms with Crippen molar-refractivity contribution in [2.45, 2.75) is 31.2 Å². The Kier molecular flexibility index (Phi) is 3.38. The average molecular weight is 278 g/mol. The van der Waals surface area contributed by atoms with Crippen LogP contribution in [0.15, 0.2) is 30.3 Å². The summed E-state index contributed by atoms with van der Waals surface area (Å²) in [4.78, 5) is 13.6. The molecule has 1 saturated heterocycles. The Labute approximate surface area is 117 Å². The van der Waals surface area contributed by atoms with Gasteiger partial charge in [-0.25, -0.2) is 9.18 Å². The molecule has 0 unspecified atom stereocenters. The first-order valence-electron chi connectivity index (χ1n) is 6.97. The molecule has 0 spiro atoms. The number of likely N-dealkylation sites (tertiary alicyclic amines) is 1. The second kappa shape index (κ2) is 5.05. The molecule has 20 heavy (non-hydrogen) atoms. The van der Waals surface area contributed by atoms with Gasteiger partial charge in [-0.05, 0) is 18.4 Å². The molecule has 1 aromatic carbocycles. The third kappa shape index (κ3) is 2.38. The Morgan fingerprint density at radius 2 is 2.20 bits per heavy atom. The van der Waals surface area contributed by atoms with Crippen LogP contribution in [0.25, 0.3) is 0 Å². The summed E-state index contributed by atoms with van der Waals surface area (Å²) in [6.07, 6.45) is -0.151. The molecule has 1 aliphatic heterocycles. The maximum absolute atomic E-state index is 13.8. The van der Waals surface area contributed by atoms with E-state index in [1.807, 2.05) is 30.3 Å². The number of carbonyl (C=O) groups is 1. The molecule has 2 fully saturated rings. The van der Waals surface area contributed by atoms with Crippen molar-refractivity contribution >= 4 is 6.09 Å². The number of fused-ring (bicyclic) bond motifs is 1. The number of nitrogens with zero attached hydrogens (tertiary/aromatic N) is 1. The third-order valence-electron chi connectivity index (χ3n) is 4.43. The van der Waals surface area contributed by atoms with Crippen molar-refractivity contribution in [3.63, 3.8) is 0 Å². The first kappa shape index (κ1) is 13.4. The van der Waals surface area contributed by atoms with E-state index in [9.17, 15) is 9.18 Å². The van der Waals surface area contributed by atoms with E-state index in [1.165, 1.54) is 0 Å². The molecule has 1 amide bonds. The Morgan fingerprint density at radius 1 is 1.45 bits per heavy atom. The highest BCUT2D eigenvalue weighted by molar-refractivity contribution is 5.68. The molecule has 1 heterocycles. The lowest BCUT2D eigenvalue weighted by Crippen LogP contribution is -2.45. The number of rotatable bonds is 2. The molecule has 0 radical (unpaired) electrons. The van der Waals surface area contributed by atoms with Crippen molar-refractivity contribution in [2.75, 3.05) is 13.1 Å². The molecule has 5 heteroatoms. The first-order valence-corrected chi connectivity index (χ1v) is 6.97. The van der Waals surface area contributed by atoms with Crippen molar-refractivity contribution in [2.24, 2.45) is 11.7 Å². The second-order valence-corrected chi connectivity index (χ2v) is 5.82. The number of benzene rings is 1. The van der Waals surface area contributed by atoms with Crippen LogP contribution in [0, 0.1) is 5.92 Å². The molecule has 4 nitrogen and oxygen atoms in total. The Morgan fingerprint density at radius 3 is 2.90 bits per heavy atom. The Hall–Kier alpha value is -1.62. The van der Waals surface area contributed by atoms with Gasteiger partial charge in [-0.1, -0.05) is 30.3 Å². The smallest absolute Gasteiger partial charge is 0.410 e. The van der Waals surface area contributed by atoms with Gasteiger partial charge in [-0.15, -0.1) is 0 Å². The fourth-order valence-corrected chi connectivity index (χ4v) is 3.25. The fourth-order valence-electron chi connectivity index (χ4n) is 3.25. The standard InChI is InChI=1S/C15H19FN2O2/c16-13-6-7-15(17)10-18(8-12(13)15)14(19)20-9-11-4-2-1-3-5-11/h1-5,12-13H,6-10,17H2/t12-,13-,15+/m0/s1. The average Bonchev–Trinajstić information content (AvgIpc) is 2.94. The predicted molar refractivity (Wildman–Crippen MR) is 72.7 cm³/mol. The molecule has 3 atom stereocenters. The van der Waals surface area contributed by atoms with E-state index in [-0.39, 0.29) is 12.5 Å². The van der Waals surface area contributed by atoms with E-state index in [0.29, 0.717) is 25.9 Å². The van der Waals surface area contributed by atoms with Crippen molar-refractivity contribution < 1.29 is 13.9 Å². The van der Waals surface area contributed by atoms with Gasteiger partial charge in [0.2, 0.25) is 0 Å². The quantitative estimate of drug-likeness (QED) is 0.901. The van der Waals surface area contributed by atoms with Gasteiger partial charge < -0.3 is 15.4 Å². The van der Waals surface area contributed by atoms with Crippen molar-refractivity contribution in [3.8, 4) is 0 Å². The molecular formula is C15H19FN2O2. The number of hydrogen-bond acceptors (Lipinski definition) is 3. The van der Waals surface area contributed by atoms with E-state index in [1.54, 1.807) is 4.90 Å². The summed E-state index contributed by atoms with van der Waals surface area (Å²) in [5, 5.41) is 0. The maximum Gasteiger partial charge on any atom is 0.410 e. The van der Waals surface area contributed by atoms with Crippen molar-refractivity contribution in [3.05, 3.63) is 35.9 Å². The summed E-state index contributed by atoms with van der Waals surface area (Å²) in [5.41, 5.74) is 6.57. The monoisotopic (exact) mass is 278 g/mol. The fraction of sp³-hybridized carbons (Fsp3) is 0.533. The molecule has 2 N–H and O–H groups in total. The largest absolute Gasteiger partial charge is 0.445 e. The molecule has 2 aliphatic rings. The zero-order valence-electron chi connectivity index (χ0n) is 11.3. The second-order valence-electron chi connectivity index (χ2n) is 5.82. The molecule has 0 aromatic heterocycles. The highest BCUT2D eigenvalue weighted by Crippen LogP contribution is 2.41. The lowest BCUT2D eigenvalue weighted by atomic mass is 9.92. The summed E-state index contributed by atoms with van der Waals surface area (Å²) in [7, 11) is 0. The van der Waals surface area contributed by atoms with E-state index in [2.05, 4.69) is 0 Å². The van der Waals surface area contributed by atoms with Crippen LogP contribution in [0.5, 0.6) is 0 Å². The number of hydrogen-bond donors (Lipinski definition) is 1. The van der Waals surface area contributed by atoms with E-state index < -0.39 is 17.8 Å². The van der Waals surface area contributed by atoms with Crippen LogP contribution in [-0.2, 0) is 11.3 Å². The van der Waals surface area contributed by atoms with E-state index >= 15 is 0 Å². The zero-order valence-corrected chi connectivity index (χ0v) is 11.3. The number of alkyl halides is 1. The van der Waals surface area contributed by atoms with Gasteiger partial charge in [-0.3, -0.25) is 0 Å². The summed E-state index contributed by atoms with van der Waals surface area (Å²) in [6, 6.07) is 9.49. The van der Waals surface area contributed by atoms with Crippen LogP contribution in [0.2, 0.25) is 0 Å². The van der Waals surface area contributed by atoms with Crippen LogP contribution in [0.4, 0.5) is 9.18 Å². The summed E-state index contributed by atoms with van der Waals surface area (Å²) in [6.45, 7) is 0.995. The number of ether oxygens (including phenoxy) is 1. The number of nitrogens with two attached hydrogens (primary N) is 1. The highest BCUT2D eigenvalue weighted by atomic mass is 19.1. The predicted octanol–water partition coefficient (Wildman–Crippen LogP) is 2.08. The minimum absolute atomic E-state index is 0.234. The van der Waals surface area contributed by atoms with E-state index in [0.717, 1.165) is 5.56 Å². The minimum atomic E-state index is -0.896. The summed E-state index contributed by atoms with van der Waals surface area (Å²) in [5.74, 6) is -0.244. The molecule has 3 rings (SSSR count). The van der Waals surface area contributed by atoms with Crippen LogP contribution < -0.4 is 5.73 Å². The lowest BCUT2D eigenvalue weighted by Gasteiger charge is -2.22. The topological polar surface area (TPSA) is 55.6 Å². The van der Waals surface area contributed by atoms with E-state index in [4.69, 9.17) is 10.5 Å². The minimum Gasteiger partial charge on any atom is -0.445 e. The Bertz CT molecular complexity index is 496. The van der Waals surface area contributed by atoms with Crippen LogP contribution in [-0.4, -0.2) is 35.8 Å². The molecule has 0 bridgehead atoms. The molecule has 108 valence electrons. The van der Waals surface area contributed by atoms with Gasteiger partial charge >= 0.3 is 6.09 Å². The number of carbonyl (C=O) groups excluding carboxylic acids is 1. The highest BCUT2D eigenvalue weighted by Gasteiger charge is 2.53. The van der Waals surface area contributed by atoms with Gasteiger partial charge in [0.05, 0.1) is 0 Å². The summed E-state index contributed by atoms with van der Waals surface area (Å²) < 4.78 is 19.0. The molecule has 1 aromatic rings. The van der Waals surface area contributed by atoms with Gasteiger partial charge in [0.25, 0.3) is 0 Å². The van der Waals surface area contributed by atoms with Gasteiger partial charge in [-0.2, -0.15) is 0 Å². The van der Waals surface area contributed by atoms with Gasteiger partial charge in [0.15, 0.2) is 0 Å². The first-order chi connectivity index (χ1) is 9.58. The lowest BCUT2D eigenvalue weighted by molar-refractivity contribution is 0.0994. The van der Waals surface area contributed by atoms with Crippen molar-refractivity contribution in [1.29, 1.82) is 0 Å². The van der Waals surface area contributed by atoms with Crippen LogP contribution >= 0.6 is 0 Å².